The summed E-state index contributed by atoms with van der Waals surface area (Å²) in [6.07, 6.45) is 7.04. The Kier molecular flexibility index (Phi) is 13.8. The summed E-state index contributed by atoms with van der Waals surface area (Å²) in [7, 11) is -4.78. The molecule has 0 radical (unpaired) electrons. The molecule has 0 heterocycles. The Hall–Kier alpha value is -1.41. The van der Waals surface area contributed by atoms with Gasteiger partial charge < -0.3 is 9.47 Å². The number of unbranched alkanes of at least 4 members (excludes halogenated alkanes) is 1. The summed E-state index contributed by atoms with van der Waals surface area (Å²) in [5.41, 5.74) is 0. The fourth-order valence-corrected chi connectivity index (χ4v) is 3.34. The van der Waals surface area contributed by atoms with Crippen LogP contribution >= 0.6 is 0 Å². The van der Waals surface area contributed by atoms with Gasteiger partial charge in [-0.3, -0.25) is 14.1 Å². The summed E-state index contributed by atoms with van der Waals surface area (Å²) >= 11 is 0. The lowest BCUT2D eigenvalue weighted by atomic mass is 10.0. The van der Waals surface area contributed by atoms with Crippen LogP contribution in [-0.2, 0) is 29.2 Å². The molecule has 0 spiro atoms. The Morgan fingerprint density at radius 1 is 1.04 bits per heavy atom. The number of allylic oxidation sites excluding steroid dienone is 1. The fraction of sp³-hybridized carbons (Fsp3) is 0.800. The van der Waals surface area contributed by atoms with E-state index in [4.69, 9.17) is 9.47 Å². The third-order valence-corrected chi connectivity index (χ3v) is 5.89. The first kappa shape index (κ1) is 26.6. The first-order chi connectivity index (χ1) is 13.2. The van der Waals surface area contributed by atoms with Gasteiger partial charge >= 0.3 is 11.9 Å². The Morgan fingerprint density at radius 2 is 1.61 bits per heavy atom. The minimum atomic E-state index is -4.78. The first-order valence-corrected chi connectivity index (χ1v) is 11.6. The van der Waals surface area contributed by atoms with Crippen molar-refractivity contribution in [2.75, 3.05) is 13.2 Å². The molecule has 0 fully saturated rings. The standard InChI is InChI=1S/C20H36O7S/c1-5-9-11-16(7-3)14-26-19(21)13-18(28(23,24)25)20(22)27-15-17(8-4)12-10-6-2/h6,16-18H,2,5,7-15H2,1,3-4H3,(H,23,24,25)/t16-,17+,18?/m0/s1. The van der Waals surface area contributed by atoms with Gasteiger partial charge in [-0.15, -0.1) is 6.58 Å². The smallest absolute Gasteiger partial charge is 0.327 e. The van der Waals surface area contributed by atoms with E-state index in [1.165, 1.54) is 0 Å². The van der Waals surface area contributed by atoms with Crippen molar-refractivity contribution in [3.05, 3.63) is 12.7 Å². The molecular weight excluding hydrogens is 384 g/mol. The number of hydrogen-bond donors (Lipinski definition) is 1. The van der Waals surface area contributed by atoms with Crippen molar-refractivity contribution in [1.82, 2.24) is 0 Å². The molecule has 7 nitrogen and oxygen atoms in total. The van der Waals surface area contributed by atoms with Gasteiger partial charge in [0.2, 0.25) is 0 Å². The number of carbonyl (C=O) groups is 2. The van der Waals surface area contributed by atoms with Crippen LogP contribution in [0.3, 0.4) is 0 Å². The molecule has 1 N–H and O–H groups in total. The van der Waals surface area contributed by atoms with Crippen molar-refractivity contribution in [2.24, 2.45) is 11.8 Å². The highest BCUT2D eigenvalue weighted by atomic mass is 32.2. The molecule has 0 amide bonds. The van der Waals surface area contributed by atoms with E-state index in [0.717, 1.165) is 44.9 Å². The van der Waals surface area contributed by atoms with E-state index >= 15 is 0 Å². The molecule has 1 unspecified atom stereocenters. The Labute approximate surface area is 169 Å². The molecule has 0 aliphatic carbocycles. The zero-order valence-corrected chi connectivity index (χ0v) is 18.2. The molecule has 0 saturated carbocycles. The highest BCUT2D eigenvalue weighted by molar-refractivity contribution is 7.87. The molecular formula is C20H36O7S. The number of rotatable bonds is 16. The van der Waals surface area contributed by atoms with Crippen LogP contribution in [-0.4, -0.2) is 43.4 Å². The van der Waals surface area contributed by atoms with Crippen molar-refractivity contribution in [2.45, 2.75) is 77.4 Å². The predicted molar refractivity (Wildman–Crippen MR) is 108 cm³/mol. The summed E-state index contributed by atoms with van der Waals surface area (Å²) in [6.45, 7) is 9.82. The lowest BCUT2D eigenvalue weighted by molar-refractivity contribution is -0.151. The largest absolute Gasteiger partial charge is 0.465 e. The van der Waals surface area contributed by atoms with Crippen LogP contribution in [0.1, 0.15) is 72.1 Å². The average Bonchev–Trinajstić information content (AvgIpc) is 2.65. The SMILES string of the molecule is C=CCC[C@@H](CC)COC(=O)C(CC(=O)OC[C@@H](CC)CCCC)S(=O)(=O)O. The van der Waals surface area contributed by atoms with Crippen LogP contribution in [0.25, 0.3) is 0 Å². The van der Waals surface area contributed by atoms with E-state index in [1.54, 1.807) is 6.08 Å². The highest BCUT2D eigenvalue weighted by Gasteiger charge is 2.36. The molecule has 0 saturated heterocycles. The van der Waals surface area contributed by atoms with Crippen LogP contribution in [0.5, 0.6) is 0 Å². The molecule has 3 atom stereocenters. The molecule has 8 heteroatoms. The molecule has 164 valence electrons. The minimum Gasteiger partial charge on any atom is -0.465 e. The van der Waals surface area contributed by atoms with Crippen LogP contribution in [0.15, 0.2) is 12.7 Å². The third kappa shape index (κ3) is 11.4. The Bertz CT molecular complexity index is 571. The lowest BCUT2D eigenvalue weighted by Crippen LogP contribution is -2.35. The van der Waals surface area contributed by atoms with E-state index in [9.17, 15) is 22.6 Å². The number of hydrogen-bond acceptors (Lipinski definition) is 6. The minimum absolute atomic E-state index is 0.0270. The second-order valence-electron chi connectivity index (χ2n) is 7.08. The predicted octanol–water partition coefficient (Wildman–Crippen LogP) is 3.93. The number of ether oxygens (including phenoxy) is 2. The molecule has 0 rings (SSSR count). The van der Waals surface area contributed by atoms with Gasteiger partial charge in [-0.25, -0.2) is 0 Å². The van der Waals surface area contributed by atoms with Crippen LogP contribution in [0, 0.1) is 11.8 Å². The van der Waals surface area contributed by atoms with Gasteiger partial charge in [-0.05, 0) is 31.1 Å². The summed E-state index contributed by atoms with van der Waals surface area (Å²) in [4.78, 5) is 24.2. The maximum Gasteiger partial charge on any atom is 0.327 e. The summed E-state index contributed by atoms with van der Waals surface area (Å²) in [6, 6.07) is 0. The van der Waals surface area contributed by atoms with Gasteiger partial charge in [0, 0.05) is 0 Å². The van der Waals surface area contributed by atoms with Crippen molar-refractivity contribution in [3.8, 4) is 0 Å². The topological polar surface area (TPSA) is 107 Å². The lowest BCUT2D eigenvalue weighted by Gasteiger charge is -2.18. The van der Waals surface area contributed by atoms with Gasteiger partial charge in [0.25, 0.3) is 10.1 Å². The van der Waals surface area contributed by atoms with Crippen molar-refractivity contribution in [3.63, 3.8) is 0 Å². The van der Waals surface area contributed by atoms with E-state index in [1.807, 2.05) is 13.8 Å². The van der Waals surface area contributed by atoms with Crippen LogP contribution in [0.4, 0.5) is 0 Å². The van der Waals surface area contributed by atoms with Gasteiger partial charge in [-0.1, -0.05) is 52.5 Å². The zero-order chi connectivity index (χ0) is 21.6. The molecule has 0 aromatic heterocycles. The Balaban J connectivity index is 4.75. The quantitative estimate of drug-likeness (QED) is 0.229. The number of carbonyl (C=O) groups excluding carboxylic acids is 2. The zero-order valence-electron chi connectivity index (χ0n) is 17.4. The number of esters is 2. The third-order valence-electron chi connectivity index (χ3n) is 4.82. The Morgan fingerprint density at radius 3 is 2.11 bits per heavy atom. The molecule has 28 heavy (non-hydrogen) atoms. The average molecular weight is 421 g/mol. The highest BCUT2D eigenvalue weighted by Crippen LogP contribution is 2.16. The second kappa shape index (κ2) is 14.6. The first-order valence-electron chi connectivity index (χ1n) is 10.1. The van der Waals surface area contributed by atoms with E-state index in [0.29, 0.717) is 0 Å². The molecule has 0 aliphatic rings. The maximum absolute atomic E-state index is 12.2. The monoisotopic (exact) mass is 420 g/mol. The molecule has 0 bridgehead atoms. The summed E-state index contributed by atoms with van der Waals surface area (Å²) in [5.74, 6) is -1.72. The fourth-order valence-electron chi connectivity index (χ4n) is 2.68. The van der Waals surface area contributed by atoms with Crippen LogP contribution in [0.2, 0.25) is 0 Å². The van der Waals surface area contributed by atoms with Gasteiger partial charge in [-0.2, -0.15) is 8.42 Å². The van der Waals surface area contributed by atoms with Gasteiger partial charge in [0.15, 0.2) is 5.25 Å². The van der Waals surface area contributed by atoms with Gasteiger partial charge in [0.1, 0.15) is 0 Å². The summed E-state index contributed by atoms with van der Waals surface area (Å²) in [5, 5.41) is -1.97. The molecule has 0 aliphatic heterocycles. The van der Waals surface area contributed by atoms with E-state index in [-0.39, 0.29) is 25.0 Å². The van der Waals surface area contributed by atoms with Crippen molar-refractivity contribution in [1.29, 1.82) is 0 Å². The molecule has 0 aromatic carbocycles. The normalized spacial score (nSPS) is 14.7. The van der Waals surface area contributed by atoms with Crippen molar-refractivity contribution >= 4 is 22.1 Å². The van der Waals surface area contributed by atoms with E-state index in [2.05, 4.69) is 13.5 Å². The van der Waals surface area contributed by atoms with E-state index < -0.39 is 33.7 Å². The second-order valence-corrected chi connectivity index (χ2v) is 8.68. The molecule has 0 aromatic rings. The summed E-state index contributed by atoms with van der Waals surface area (Å²) < 4.78 is 42.7. The van der Waals surface area contributed by atoms with Crippen molar-refractivity contribution < 1.29 is 32.0 Å². The van der Waals surface area contributed by atoms with Crippen LogP contribution < -0.4 is 0 Å². The van der Waals surface area contributed by atoms with Gasteiger partial charge in [0.05, 0.1) is 19.6 Å². The maximum atomic E-state index is 12.2.